The van der Waals surface area contributed by atoms with Gasteiger partial charge in [-0.2, -0.15) is 0 Å². The molecule has 0 unspecified atom stereocenters. The van der Waals surface area contributed by atoms with Crippen molar-refractivity contribution >= 4 is 32.3 Å². The molecule has 1 heterocycles. The summed E-state index contributed by atoms with van der Waals surface area (Å²) in [5, 5.41) is 26.9. The maximum Gasteiger partial charge on any atom is 0.269 e. The minimum absolute atomic E-state index is 0.00967. The summed E-state index contributed by atoms with van der Waals surface area (Å²) in [6.45, 7) is 0. The van der Waals surface area contributed by atoms with E-state index in [9.17, 15) is 23.4 Å². The Morgan fingerprint density at radius 3 is 2.46 bits per heavy atom. The van der Waals surface area contributed by atoms with Crippen LogP contribution in [0.25, 0.3) is 10.9 Å². The molecule has 1 amide bonds. The molecule has 0 fully saturated rings. The predicted molar refractivity (Wildman–Crippen MR) is 94.4 cm³/mol. The summed E-state index contributed by atoms with van der Waals surface area (Å²) < 4.78 is 23.4. The van der Waals surface area contributed by atoms with Gasteiger partial charge in [0, 0.05) is 11.6 Å². The molecular weight excluding hydrogens is 358 g/mol. The summed E-state index contributed by atoms with van der Waals surface area (Å²) in [7, 11) is -3.43. The number of benzene rings is 2. The molecule has 0 spiro atoms. The minimum Gasteiger partial charge on any atom is -0.508 e. The third-order valence-corrected chi connectivity index (χ3v) is 4.82. The zero-order valence-electron chi connectivity index (χ0n) is 13.7. The molecule has 0 saturated heterocycles. The normalized spacial score (nSPS) is 12.0. The first kappa shape index (κ1) is 17.6. The Kier molecular flexibility index (Phi) is 4.47. The maximum atomic E-state index is 12.0. The van der Waals surface area contributed by atoms with Crippen LogP contribution in [0.3, 0.4) is 0 Å². The third kappa shape index (κ3) is 3.72. The first-order valence-corrected chi connectivity index (χ1v) is 9.40. The fraction of sp³-hybridized carbons (Fsp3) is 0.118. The van der Waals surface area contributed by atoms with Crippen molar-refractivity contribution in [1.82, 2.24) is 4.98 Å². The number of rotatable bonds is 4. The topological polar surface area (TPSA) is 132 Å². The molecule has 2 aromatic carbocycles. The fourth-order valence-corrected chi connectivity index (χ4v) is 3.05. The molecule has 3 N–H and O–H groups in total. The van der Waals surface area contributed by atoms with Gasteiger partial charge in [0.25, 0.3) is 5.91 Å². The number of nitrogens with zero attached hydrogens (tertiary/aromatic N) is 2. The number of H-pyrrole nitrogens is 1. The quantitative estimate of drug-likeness (QED) is 0.605. The SMILES string of the molecule is CS(=O)(=O)c1ccc2[nH]c(O)c(N=NC(=O)Cc3ccc(O)cc3)c2c1. The van der Waals surface area contributed by atoms with E-state index in [1.54, 1.807) is 12.1 Å². The van der Waals surface area contributed by atoms with Gasteiger partial charge in [-0.25, -0.2) is 8.42 Å². The second kappa shape index (κ2) is 6.60. The zero-order valence-corrected chi connectivity index (χ0v) is 14.5. The number of azo groups is 1. The largest absolute Gasteiger partial charge is 0.508 e. The van der Waals surface area contributed by atoms with Gasteiger partial charge >= 0.3 is 0 Å². The van der Waals surface area contributed by atoms with E-state index in [2.05, 4.69) is 15.2 Å². The summed E-state index contributed by atoms with van der Waals surface area (Å²) in [4.78, 5) is 14.7. The van der Waals surface area contributed by atoms with Gasteiger partial charge in [-0.3, -0.25) is 4.79 Å². The number of carbonyl (C=O) groups excluding carboxylic acids is 1. The van der Waals surface area contributed by atoms with E-state index in [4.69, 9.17) is 0 Å². The average molecular weight is 373 g/mol. The third-order valence-electron chi connectivity index (χ3n) is 3.70. The molecule has 1 aromatic heterocycles. The van der Waals surface area contributed by atoms with Crippen molar-refractivity contribution in [3.05, 3.63) is 48.0 Å². The standard InChI is InChI=1S/C17H15N3O5S/c1-26(24,25)12-6-7-14-13(9-12)16(17(23)18-14)20-19-15(22)8-10-2-4-11(21)5-3-10/h2-7,9,18,21,23H,8H2,1H3. The molecule has 0 radical (unpaired) electrons. The number of amides is 1. The first-order valence-electron chi connectivity index (χ1n) is 7.51. The van der Waals surface area contributed by atoms with Crippen LogP contribution in [0, 0.1) is 0 Å². The van der Waals surface area contributed by atoms with E-state index in [1.807, 2.05) is 0 Å². The van der Waals surface area contributed by atoms with Gasteiger partial charge in [-0.05, 0) is 35.9 Å². The van der Waals surface area contributed by atoms with Crippen molar-refractivity contribution in [3.63, 3.8) is 0 Å². The van der Waals surface area contributed by atoms with E-state index >= 15 is 0 Å². The van der Waals surface area contributed by atoms with E-state index < -0.39 is 15.7 Å². The number of hydrogen-bond acceptors (Lipinski definition) is 6. The molecule has 8 nitrogen and oxygen atoms in total. The first-order chi connectivity index (χ1) is 12.2. The van der Waals surface area contributed by atoms with Crippen LogP contribution >= 0.6 is 0 Å². The molecule has 0 aliphatic rings. The number of hydrogen-bond donors (Lipinski definition) is 3. The Morgan fingerprint density at radius 2 is 1.81 bits per heavy atom. The molecule has 3 aromatic rings. The molecule has 0 aliphatic heterocycles. The lowest BCUT2D eigenvalue weighted by atomic mass is 10.1. The number of phenolic OH excluding ortho intramolecular Hbond substituents is 1. The van der Waals surface area contributed by atoms with E-state index in [0.29, 0.717) is 16.5 Å². The van der Waals surface area contributed by atoms with Gasteiger partial charge in [-0.1, -0.05) is 12.1 Å². The van der Waals surface area contributed by atoms with Crippen molar-refractivity contribution in [2.45, 2.75) is 11.3 Å². The Labute approximate surface area is 148 Å². The number of nitrogens with one attached hydrogen (secondary N) is 1. The summed E-state index contributed by atoms with van der Waals surface area (Å²) >= 11 is 0. The summed E-state index contributed by atoms with van der Waals surface area (Å²) in [5.41, 5.74) is 1.11. The van der Waals surface area contributed by atoms with Crippen LogP contribution in [0.1, 0.15) is 5.56 Å². The summed E-state index contributed by atoms with van der Waals surface area (Å²) in [5.74, 6) is -0.774. The van der Waals surface area contributed by atoms with Crippen molar-refractivity contribution in [2.24, 2.45) is 10.2 Å². The highest BCUT2D eigenvalue weighted by Gasteiger charge is 2.15. The minimum atomic E-state index is -3.43. The lowest BCUT2D eigenvalue weighted by Gasteiger charge is -1.99. The van der Waals surface area contributed by atoms with Crippen molar-refractivity contribution in [1.29, 1.82) is 0 Å². The van der Waals surface area contributed by atoms with Crippen molar-refractivity contribution in [3.8, 4) is 11.6 Å². The average Bonchev–Trinajstić information content (AvgIpc) is 2.88. The maximum absolute atomic E-state index is 12.0. The Balaban J connectivity index is 1.89. The summed E-state index contributed by atoms with van der Waals surface area (Å²) in [6.07, 6.45) is 1.05. The number of carbonyl (C=O) groups is 1. The zero-order chi connectivity index (χ0) is 18.9. The number of sulfone groups is 1. The van der Waals surface area contributed by atoms with Crippen LogP contribution in [0.5, 0.6) is 11.6 Å². The molecule has 0 saturated carbocycles. The number of aromatic amines is 1. The second-order valence-electron chi connectivity index (χ2n) is 5.74. The van der Waals surface area contributed by atoms with Crippen LogP contribution in [0.15, 0.2) is 57.6 Å². The molecule has 3 rings (SSSR count). The van der Waals surface area contributed by atoms with Gasteiger partial charge in [0.1, 0.15) is 5.75 Å². The van der Waals surface area contributed by atoms with Crippen LogP contribution < -0.4 is 0 Å². The molecular formula is C17H15N3O5S. The lowest BCUT2D eigenvalue weighted by molar-refractivity contribution is -0.117. The molecule has 26 heavy (non-hydrogen) atoms. The van der Waals surface area contributed by atoms with Gasteiger partial charge in [-0.15, -0.1) is 10.2 Å². The molecule has 0 atom stereocenters. The Bertz CT molecular complexity index is 1120. The van der Waals surface area contributed by atoms with Gasteiger partial charge < -0.3 is 15.2 Å². The van der Waals surface area contributed by atoms with Gasteiger partial charge in [0.15, 0.2) is 15.5 Å². The fourth-order valence-electron chi connectivity index (χ4n) is 2.40. The highest BCUT2D eigenvalue weighted by atomic mass is 32.2. The van der Waals surface area contributed by atoms with E-state index in [-0.39, 0.29) is 28.6 Å². The van der Waals surface area contributed by atoms with Gasteiger partial charge in [0.05, 0.1) is 16.8 Å². The smallest absolute Gasteiger partial charge is 0.269 e. The van der Waals surface area contributed by atoms with Crippen molar-refractivity contribution in [2.75, 3.05) is 6.26 Å². The predicted octanol–water partition coefficient (Wildman–Crippen LogP) is 2.84. The molecule has 0 bridgehead atoms. The number of aromatic hydroxyl groups is 2. The second-order valence-corrected chi connectivity index (χ2v) is 7.75. The van der Waals surface area contributed by atoms with Crippen LogP contribution in [0.4, 0.5) is 5.69 Å². The number of phenols is 1. The van der Waals surface area contributed by atoms with Crippen molar-refractivity contribution < 1.29 is 23.4 Å². The van der Waals surface area contributed by atoms with Crippen LogP contribution in [-0.2, 0) is 21.1 Å². The lowest BCUT2D eigenvalue weighted by Crippen LogP contribution is -1.97. The van der Waals surface area contributed by atoms with Gasteiger partial charge in [0.2, 0.25) is 5.88 Å². The highest BCUT2D eigenvalue weighted by molar-refractivity contribution is 7.90. The Hall–Kier alpha value is -3.20. The molecule has 134 valence electrons. The monoisotopic (exact) mass is 373 g/mol. The van der Waals surface area contributed by atoms with E-state index in [0.717, 1.165) is 6.26 Å². The van der Waals surface area contributed by atoms with Crippen LogP contribution in [-0.4, -0.2) is 35.8 Å². The highest BCUT2D eigenvalue weighted by Crippen LogP contribution is 2.36. The summed E-state index contributed by atoms with van der Waals surface area (Å²) in [6, 6.07) is 10.4. The molecule has 0 aliphatic carbocycles. The number of aromatic nitrogens is 1. The Morgan fingerprint density at radius 1 is 1.12 bits per heavy atom. The number of fused-ring (bicyclic) bond motifs is 1. The van der Waals surface area contributed by atoms with E-state index in [1.165, 1.54) is 30.3 Å². The van der Waals surface area contributed by atoms with Crippen LogP contribution in [0.2, 0.25) is 0 Å². The molecule has 9 heteroatoms.